The van der Waals surface area contributed by atoms with E-state index in [-0.39, 0.29) is 11.9 Å². The van der Waals surface area contributed by atoms with Crippen LogP contribution in [0, 0.1) is 5.82 Å². The lowest BCUT2D eigenvalue weighted by Crippen LogP contribution is -2.42. The van der Waals surface area contributed by atoms with E-state index in [1.54, 1.807) is 30.1 Å². The molecule has 0 bridgehead atoms. The van der Waals surface area contributed by atoms with Gasteiger partial charge in [0.05, 0.1) is 30.6 Å². The van der Waals surface area contributed by atoms with Crippen molar-refractivity contribution in [1.82, 2.24) is 15.1 Å². The third-order valence-corrected chi connectivity index (χ3v) is 5.59. The fourth-order valence-electron chi connectivity index (χ4n) is 3.86. The summed E-state index contributed by atoms with van der Waals surface area (Å²) in [5.74, 6) is 0.485. The Balaban J connectivity index is 1.67. The van der Waals surface area contributed by atoms with Crippen LogP contribution in [-0.2, 0) is 4.79 Å². The topological polar surface area (TPSA) is 85.6 Å². The molecule has 1 heterocycles. The molecule has 0 saturated carbocycles. The van der Waals surface area contributed by atoms with Crippen molar-refractivity contribution in [3.05, 3.63) is 84.3 Å². The minimum Gasteiger partial charge on any atom is -0.497 e. The molecule has 2 atom stereocenters. The Morgan fingerprint density at radius 3 is 2.62 bits per heavy atom. The van der Waals surface area contributed by atoms with Crippen molar-refractivity contribution in [2.24, 2.45) is 0 Å². The summed E-state index contributed by atoms with van der Waals surface area (Å²) in [5.41, 5.74) is 2.42. The Morgan fingerprint density at radius 2 is 1.91 bits per heavy atom. The maximum Gasteiger partial charge on any atom is 0.246 e. The predicted molar refractivity (Wildman–Crippen MR) is 127 cm³/mol. The highest BCUT2D eigenvalue weighted by Gasteiger charge is 2.26. The fraction of sp³-hybridized carbons (Fsp3) is 0.231. The molecule has 0 aliphatic heterocycles. The Bertz CT molecular complexity index is 1270. The lowest BCUT2D eigenvalue weighted by atomic mass is 9.99. The normalized spacial score (nSPS) is 12.8. The zero-order valence-corrected chi connectivity index (χ0v) is 18.9. The highest BCUT2D eigenvalue weighted by Crippen LogP contribution is 2.31. The van der Waals surface area contributed by atoms with Crippen molar-refractivity contribution in [1.29, 1.82) is 0 Å². The molecule has 7 nitrogen and oxygen atoms in total. The summed E-state index contributed by atoms with van der Waals surface area (Å²) in [7, 11) is 1.59. The zero-order chi connectivity index (χ0) is 24.1. The van der Waals surface area contributed by atoms with Crippen LogP contribution in [0.2, 0.25) is 0 Å². The number of nitrogens with one attached hydrogen (secondary N) is 1. The van der Waals surface area contributed by atoms with Gasteiger partial charge in [-0.05, 0) is 66.6 Å². The first kappa shape index (κ1) is 23.3. The Morgan fingerprint density at radius 1 is 1.12 bits per heavy atom. The summed E-state index contributed by atoms with van der Waals surface area (Å²) >= 11 is 0. The van der Waals surface area contributed by atoms with Crippen molar-refractivity contribution in [3.63, 3.8) is 0 Å². The van der Waals surface area contributed by atoms with Gasteiger partial charge in [-0.3, -0.25) is 4.79 Å². The molecular weight excluding hydrogens is 437 g/mol. The Hall–Kier alpha value is -3.91. The van der Waals surface area contributed by atoms with Gasteiger partial charge in [0.25, 0.3) is 0 Å². The molecular formula is C26H26FN3O4. The van der Waals surface area contributed by atoms with Gasteiger partial charge in [0, 0.05) is 5.39 Å². The number of hydrogen-bond donors (Lipinski definition) is 2. The van der Waals surface area contributed by atoms with E-state index in [0.717, 1.165) is 22.2 Å². The van der Waals surface area contributed by atoms with Crippen LogP contribution >= 0.6 is 0 Å². The van der Waals surface area contributed by atoms with Crippen molar-refractivity contribution in [3.8, 4) is 17.2 Å². The number of aliphatic hydroxyl groups excluding tert-OH is 1. The second kappa shape index (κ2) is 10.4. The molecule has 0 fully saturated rings. The maximum absolute atomic E-state index is 13.3. The van der Waals surface area contributed by atoms with Gasteiger partial charge in [0.15, 0.2) is 0 Å². The Kier molecular flexibility index (Phi) is 7.08. The second-order valence-electron chi connectivity index (χ2n) is 7.81. The van der Waals surface area contributed by atoms with Crippen LogP contribution in [-0.4, -0.2) is 40.6 Å². The molecule has 0 saturated heterocycles. The van der Waals surface area contributed by atoms with Gasteiger partial charge in [-0.1, -0.05) is 19.1 Å². The van der Waals surface area contributed by atoms with Gasteiger partial charge in [0.1, 0.15) is 30.0 Å². The van der Waals surface area contributed by atoms with Crippen LogP contribution in [0.1, 0.15) is 25.0 Å². The first-order valence-electron chi connectivity index (χ1n) is 11.0. The van der Waals surface area contributed by atoms with E-state index in [9.17, 15) is 14.3 Å². The van der Waals surface area contributed by atoms with Gasteiger partial charge in [0.2, 0.25) is 5.91 Å². The lowest BCUT2D eigenvalue weighted by Gasteiger charge is -2.28. The number of fused-ring (bicyclic) bond motifs is 1. The zero-order valence-electron chi connectivity index (χ0n) is 18.9. The minimum atomic E-state index is -0.601. The van der Waals surface area contributed by atoms with Crippen LogP contribution in [0.3, 0.4) is 0 Å². The van der Waals surface area contributed by atoms with E-state index in [4.69, 9.17) is 9.47 Å². The molecule has 0 aliphatic carbocycles. The van der Waals surface area contributed by atoms with Gasteiger partial charge in [-0.15, -0.1) is 0 Å². The number of benzene rings is 3. The standard InChI is InChI=1S/C26H26FN3O4/c1-3-23(29-25(32)16-31)26(17-5-4-6-21(13-17)33-2)34-22-11-12-24-18(14-22)15-28-30(24)20-9-7-19(27)8-10-20/h4-15,23,26,31H,3,16H2,1-2H3,(H,29,32)/t23-,26-/m0/s1. The van der Waals surface area contributed by atoms with E-state index in [1.807, 2.05) is 49.4 Å². The molecule has 0 unspecified atom stereocenters. The summed E-state index contributed by atoms with van der Waals surface area (Å²) in [6, 6.07) is 18.8. The summed E-state index contributed by atoms with van der Waals surface area (Å²) in [6.45, 7) is 1.34. The number of methoxy groups -OCH3 is 1. The van der Waals surface area contributed by atoms with Gasteiger partial charge in [-0.25, -0.2) is 9.07 Å². The van der Waals surface area contributed by atoms with Crippen LogP contribution in [0.25, 0.3) is 16.6 Å². The van der Waals surface area contributed by atoms with Crippen LogP contribution in [0.4, 0.5) is 4.39 Å². The van der Waals surface area contributed by atoms with Gasteiger partial charge < -0.3 is 19.9 Å². The summed E-state index contributed by atoms with van der Waals surface area (Å²) in [4.78, 5) is 11.9. The van der Waals surface area contributed by atoms with E-state index in [2.05, 4.69) is 10.4 Å². The van der Waals surface area contributed by atoms with E-state index in [0.29, 0.717) is 17.9 Å². The molecule has 1 amide bonds. The monoisotopic (exact) mass is 463 g/mol. The minimum absolute atomic E-state index is 0.307. The lowest BCUT2D eigenvalue weighted by molar-refractivity contribution is -0.125. The predicted octanol–water partition coefficient (Wildman–Crippen LogP) is 4.18. The molecule has 1 aromatic heterocycles. The number of nitrogens with zero attached hydrogens (tertiary/aromatic N) is 2. The molecule has 3 aromatic carbocycles. The molecule has 4 aromatic rings. The molecule has 0 radical (unpaired) electrons. The molecule has 2 N–H and O–H groups in total. The first-order valence-corrected chi connectivity index (χ1v) is 11.0. The number of hydrogen-bond acceptors (Lipinski definition) is 5. The highest BCUT2D eigenvalue weighted by molar-refractivity contribution is 5.81. The van der Waals surface area contributed by atoms with E-state index >= 15 is 0 Å². The number of aliphatic hydroxyl groups is 1. The molecule has 176 valence electrons. The summed E-state index contributed by atoms with van der Waals surface area (Å²) in [6.07, 6.45) is 1.77. The number of ether oxygens (including phenoxy) is 2. The average Bonchev–Trinajstić information content (AvgIpc) is 3.29. The number of amides is 1. The summed E-state index contributed by atoms with van der Waals surface area (Å²) in [5, 5.41) is 17.3. The van der Waals surface area contributed by atoms with Crippen LogP contribution < -0.4 is 14.8 Å². The van der Waals surface area contributed by atoms with E-state index in [1.165, 1.54) is 12.1 Å². The molecule has 8 heteroatoms. The van der Waals surface area contributed by atoms with Crippen molar-refractivity contribution in [2.75, 3.05) is 13.7 Å². The highest BCUT2D eigenvalue weighted by atomic mass is 19.1. The SMILES string of the molecule is CC[C@H](NC(=O)CO)[C@@H](Oc1ccc2c(cnn2-c2ccc(F)cc2)c1)c1cccc(OC)c1. The molecule has 34 heavy (non-hydrogen) atoms. The molecule has 0 aliphatic rings. The second-order valence-corrected chi connectivity index (χ2v) is 7.81. The quantitative estimate of drug-likeness (QED) is 0.389. The van der Waals surface area contributed by atoms with Crippen molar-refractivity contribution >= 4 is 16.8 Å². The number of carbonyl (C=O) groups is 1. The number of rotatable bonds is 9. The number of halogens is 1. The Labute approximate surface area is 196 Å². The smallest absolute Gasteiger partial charge is 0.246 e. The maximum atomic E-state index is 13.3. The van der Waals surface area contributed by atoms with Crippen LogP contribution in [0.15, 0.2) is 72.9 Å². The first-order chi connectivity index (χ1) is 16.5. The van der Waals surface area contributed by atoms with Gasteiger partial charge in [-0.2, -0.15) is 5.10 Å². The third-order valence-electron chi connectivity index (χ3n) is 5.59. The van der Waals surface area contributed by atoms with Crippen molar-refractivity contribution in [2.45, 2.75) is 25.5 Å². The molecule has 0 spiro atoms. The largest absolute Gasteiger partial charge is 0.497 e. The fourth-order valence-corrected chi connectivity index (χ4v) is 3.86. The van der Waals surface area contributed by atoms with Gasteiger partial charge >= 0.3 is 0 Å². The van der Waals surface area contributed by atoms with Crippen molar-refractivity contribution < 1.29 is 23.8 Å². The van der Waals surface area contributed by atoms with Crippen LogP contribution in [0.5, 0.6) is 11.5 Å². The number of carbonyl (C=O) groups excluding carboxylic acids is 1. The number of aromatic nitrogens is 2. The van der Waals surface area contributed by atoms with E-state index < -0.39 is 18.6 Å². The summed E-state index contributed by atoms with van der Waals surface area (Å²) < 4.78 is 26.8. The average molecular weight is 464 g/mol. The third kappa shape index (κ3) is 5.02. The molecule has 4 rings (SSSR count).